The van der Waals surface area contributed by atoms with Gasteiger partial charge in [-0.05, 0) is 84.7 Å². The molecule has 5 N–H and O–H groups in total. The normalized spacial score (nSPS) is 16.6. The lowest BCUT2D eigenvalue weighted by molar-refractivity contribution is 0.311. The van der Waals surface area contributed by atoms with Crippen LogP contribution < -0.4 is 0 Å². The number of phenols is 5. The predicted octanol–water partition coefficient (Wildman–Crippen LogP) is 4.86. The van der Waals surface area contributed by atoms with Crippen molar-refractivity contribution >= 4 is 0 Å². The zero-order chi connectivity index (χ0) is 20.6. The maximum Gasteiger partial charge on any atom is 0.157 e. The molecule has 5 nitrogen and oxygen atoms in total. The second kappa shape index (κ2) is 7.24. The van der Waals surface area contributed by atoms with E-state index in [-0.39, 0.29) is 28.7 Å². The molecule has 5 heteroatoms. The molecule has 3 aromatic carbocycles. The fraction of sp³-hybridized carbons (Fsp3) is 0.250. The van der Waals surface area contributed by atoms with Gasteiger partial charge in [0.25, 0.3) is 0 Å². The first-order valence-electron chi connectivity index (χ1n) is 9.73. The molecule has 0 atom stereocenters. The molecular weight excluding hydrogens is 368 g/mol. The van der Waals surface area contributed by atoms with Crippen LogP contribution in [0.5, 0.6) is 28.7 Å². The first-order chi connectivity index (χ1) is 13.9. The van der Waals surface area contributed by atoms with Gasteiger partial charge in [-0.2, -0.15) is 0 Å². The Morgan fingerprint density at radius 1 is 0.586 bits per heavy atom. The van der Waals surface area contributed by atoms with Crippen LogP contribution in [0.4, 0.5) is 0 Å². The quantitative estimate of drug-likeness (QED) is 0.410. The summed E-state index contributed by atoms with van der Waals surface area (Å²) in [6.45, 7) is 0. The maximum absolute atomic E-state index is 10.1. The second-order valence-electron chi connectivity index (χ2n) is 7.85. The van der Waals surface area contributed by atoms with Crippen molar-refractivity contribution in [2.75, 3.05) is 0 Å². The zero-order valence-corrected chi connectivity index (χ0v) is 15.9. The Hall–Kier alpha value is -3.34. The molecule has 4 rings (SSSR count). The minimum Gasteiger partial charge on any atom is -0.508 e. The molecule has 1 aliphatic carbocycles. The number of benzene rings is 3. The Kier molecular flexibility index (Phi) is 4.74. The van der Waals surface area contributed by atoms with Crippen LogP contribution in [0.25, 0.3) is 0 Å². The highest BCUT2D eigenvalue weighted by Gasteiger charge is 2.39. The van der Waals surface area contributed by atoms with Crippen molar-refractivity contribution in [1.82, 2.24) is 0 Å². The van der Waals surface area contributed by atoms with E-state index in [1.54, 1.807) is 36.4 Å². The van der Waals surface area contributed by atoms with Crippen LogP contribution in [0.1, 0.15) is 48.3 Å². The number of hydrogen-bond acceptors (Lipinski definition) is 5. The molecule has 1 aliphatic rings. The van der Waals surface area contributed by atoms with Crippen molar-refractivity contribution < 1.29 is 25.5 Å². The third-order valence-corrected chi connectivity index (χ3v) is 6.26. The lowest BCUT2D eigenvalue weighted by Crippen LogP contribution is -2.32. The van der Waals surface area contributed by atoms with Gasteiger partial charge in [0, 0.05) is 5.41 Å². The summed E-state index contributed by atoms with van der Waals surface area (Å²) in [4.78, 5) is 0. The van der Waals surface area contributed by atoms with Gasteiger partial charge in [-0.25, -0.2) is 0 Å². The molecule has 0 heterocycles. The molecule has 3 aromatic rings. The molecule has 0 unspecified atom stereocenters. The minimum absolute atomic E-state index is 0.171. The molecular formula is C24H24O5. The fourth-order valence-corrected chi connectivity index (χ4v) is 4.58. The van der Waals surface area contributed by atoms with E-state index in [4.69, 9.17) is 0 Å². The van der Waals surface area contributed by atoms with Gasteiger partial charge in [-0.1, -0.05) is 24.3 Å². The third kappa shape index (κ3) is 3.44. The lowest BCUT2D eigenvalue weighted by atomic mass is 9.62. The molecule has 1 saturated carbocycles. The van der Waals surface area contributed by atoms with E-state index in [0.717, 1.165) is 36.8 Å². The topological polar surface area (TPSA) is 101 Å². The molecule has 0 amide bonds. The van der Waals surface area contributed by atoms with E-state index in [2.05, 4.69) is 0 Å². The van der Waals surface area contributed by atoms with Gasteiger partial charge in [0.05, 0.1) is 0 Å². The van der Waals surface area contributed by atoms with Crippen molar-refractivity contribution in [3.8, 4) is 28.7 Å². The van der Waals surface area contributed by atoms with Crippen LogP contribution in [0.2, 0.25) is 0 Å². The van der Waals surface area contributed by atoms with E-state index in [9.17, 15) is 25.5 Å². The highest BCUT2D eigenvalue weighted by Crippen LogP contribution is 2.51. The summed E-state index contributed by atoms with van der Waals surface area (Å²) in [6.07, 6.45) is 3.31. The number of phenolic OH excluding ortho intramolecular Hbond substituents is 5. The first kappa shape index (κ1) is 19.0. The highest BCUT2D eigenvalue weighted by atomic mass is 16.3. The monoisotopic (exact) mass is 392 g/mol. The van der Waals surface area contributed by atoms with Crippen molar-refractivity contribution in [2.24, 2.45) is 0 Å². The van der Waals surface area contributed by atoms with Crippen LogP contribution in [0.15, 0.2) is 60.7 Å². The largest absolute Gasteiger partial charge is 0.508 e. The average Bonchev–Trinajstić information content (AvgIpc) is 2.73. The van der Waals surface area contributed by atoms with E-state index >= 15 is 0 Å². The summed E-state index contributed by atoms with van der Waals surface area (Å²) in [6, 6.07) is 17.1. The first-order valence-corrected chi connectivity index (χ1v) is 9.73. The maximum atomic E-state index is 10.1. The zero-order valence-electron chi connectivity index (χ0n) is 15.9. The lowest BCUT2D eigenvalue weighted by Gasteiger charge is -2.41. The van der Waals surface area contributed by atoms with Gasteiger partial charge in [0.2, 0.25) is 0 Å². The molecule has 0 radical (unpaired) electrons. The molecule has 0 spiro atoms. The number of rotatable bonds is 3. The van der Waals surface area contributed by atoms with Gasteiger partial charge < -0.3 is 25.5 Å². The van der Waals surface area contributed by atoms with Gasteiger partial charge in [-0.3, -0.25) is 0 Å². The summed E-state index contributed by atoms with van der Waals surface area (Å²) in [5.41, 5.74) is 2.45. The van der Waals surface area contributed by atoms with E-state index in [0.29, 0.717) is 5.92 Å². The van der Waals surface area contributed by atoms with Crippen molar-refractivity contribution in [1.29, 1.82) is 0 Å². The minimum atomic E-state index is -0.455. The van der Waals surface area contributed by atoms with Crippen LogP contribution in [0.3, 0.4) is 0 Å². The average molecular weight is 392 g/mol. The highest BCUT2D eigenvalue weighted by molar-refractivity contribution is 5.51. The van der Waals surface area contributed by atoms with Gasteiger partial charge in [-0.15, -0.1) is 0 Å². The Morgan fingerprint density at radius 3 is 1.52 bits per heavy atom. The Morgan fingerprint density at radius 2 is 1.07 bits per heavy atom. The summed E-state index contributed by atoms with van der Waals surface area (Å²) < 4.78 is 0. The number of hydrogen-bond donors (Lipinski definition) is 5. The van der Waals surface area contributed by atoms with Crippen LogP contribution in [0, 0.1) is 0 Å². The Balaban J connectivity index is 1.73. The number of aromatic hydroxyl groups is 5. The van der Waals surface area contributed by atoms with E-state index in [1.165, 1.54) is 17.7 Å². The van der Waals surface area contributed by atoms with Crippen LogP contribution >= 0.6 is 0 Å². The molecule has 150 valence electrons. The summed E-state index contributed by atoms with van der Waals surface area (Å²) in [7, 11) is 0. The second-order valence-corrected chi connectivity index (χ2v) is 7.85. The SMILES string of the molecule is Oc1ccc(C2CCC(c3ccc(O)c(O)c3)(c3ccc(O)c(O)c3)CC2)cc1. The Labute approximate surface area is 169 Å². The molecule has 0 saturated heterocycles. The Bertz CT molecular complexity index is 964. The molecule has 1 fully saturated rings. The van der Waals surface area contributed by atoms with E-state index in [1.807, 2.05) is 12.1 Å². The van der Waals surface area contributed by atoms with Gasteiger partial charge in [0.15, 0.2) is 23.0 Å². The van der Waals surface area contributed by atoms with Crippen molar-refractivity contribution in [2.45, 2.75) is 37.0 Å². The molecule has 0 bridgehead atoms. The van der Waals surface area contributed by atoms with Gasteiger partial charge >= 0.3 is 0 Å². The molecule has 29 heavy (non-hydrogen) atoms. The third-order valence-electron chi connectivity index (χ3n) is 6.26. The molecule has 0 aliphatic heterocycles. The fourth-order valence-electron chi connectivity index (χ4n) is 4.58. The van der Waals surface area contributed by atoms with Crippen LogP contribution in [-0.4, -0.2) is 25.5 Å². The van der Waals surface area contributed by atoms with Crippen LogP contribution in [-0.2, 0) is 5.41 Å². The van der Waals surface area contributed by atoms with Gasteiger partial charge in [0.1, 0.15) is 5.75 Å². The summed E-state index contributed by atoms with van der Waals surface area (Å²) in [5, 5.41) is 49.2. The van der Waals surface area contributed by atoms with Crippen molar-refractivity contribution in [3.05, 3.63) is 77.4 Å². The predicted molar refractivity (Wildman–Crippen MR) is 110 cm³/mol. The smallest absolute Gasteiger partial charge is 0.157 e. The van der Waals surface area contributed by atoms with E-state index < -0.39 is 5.41 Å². The summed E-state index contributed by atoms with van der Waals surface area (Å²) in [5.74, 6) is -0.0975. The van der Waals surface area contributed by atoms with Crippen molar-refractivity contribution in [3.63, 3.8) is 0 Å². The molecule has 0 aromatic heterocycles. The standard InChI is InChI=1S/C24H24O5/c25-19-5-1-15(2-6-19)16-9-11-24(12-10-16,17-3-7-20(26)22(28)13-17)18-4-8-21(27)23(29)14-18/h1-8,13-14,16,25-29H,9-12H2. The summed E-state index contributed by atoms with van der Waals surface area (Å²) >= 11 is 0.